The first-order valence-corrected chi connectivity index (χ1v) is 13.5. The first-order chi connectivity index (χ1) is 19.9. The molecule has 1 aromatic heterocycles. The summed E-state index contributed by atoms with van der Waals surface area (Å²) in [5.74, 6) is -2.24. The van der Waals surface area contributed by atoms with E-state index in [1.165, 1.54) is 11.5 Å². The topological polar surface area (TPSA) is 152 Å². The number of nitrogens with zero attached hydrogens (tertiary/aromatic N) is 2. The second-order valence-corrected chi connectivity index (χ2v) is 9.77. The molecular formula is C29H32N2O10S. The zero-order chi connectivity index (χ0) is 31.1. The Morgan fingerprint density at radius 1 is 0.929 bits per heavy atom. The Morgan fingerprint density at radius 3 is 2.00 bits per heavy atom. The maximum absolute atomic E-state index is 12.3. The fourth-order valence-corrected chi connectivity index (χ4v) is 5.12. The monoisotopic (exact) mass is 600 g/mol. The molecule has 0 saturated carbocycles. The molecule has 0 spiro atoms. The first kappa shape index (κ1) is 32.2. The normalized spacial score (nSPS) is 21.4. The van der Waals surface area contributed by atoms with Gasteiger partial charge in [-0.3, -0.25) is 19.2 Å². The van der Waals surface area contributed by atoms with E-state index in [2.05, 4.69) is 6.07 Å². The van der Waals surface area contributed by atoms with Gasteiger partial charge in [0.1, 0.15) is 29.2 Å². The van der Waals surface area contributed by atoms with E-state index >= 15 is 0 Å². The molecule has 3 rings (SSSR count). The van der Waals surface area contributed by atoms with Gasteiger partial charge in [0, 0.05) is 39.0 Å². The van der Waals surface area contributed by atoms with Gasteiger partial charge in [0.15, 0.2) is 24.5 Å². The van der Waals surface area contributed by atoms with Crippen molar-refractivity contribution in [1.29, 1.82) is 5.26 Å². The third-order valence-corrected chi connectivity index (χ3v) is 6.82. The summed E-state index contributed by atoms with van der Waals surface area (Å²) in [6, 6.07) is 11.0. The second kappa shape index (κ2) is 14.1. The molecule has 1 fully saturated rings. The molecule has 1 saturated heterocycles. The van der Waals surface area contributed by atoms with Crippen LogP contribution in [0.2, 0.25) is 0 Å². The summed E-state index contributed by atoms with van der Waals surface area (Å²) in [7, 11) is 1.55. The molecule has 1 aromatic carbocycles. The molecule has 0 unspecified atom stereocenters. The van der Waals surface area contributed by atoms with Gasteiger partial charge in [0.25, 0.3) is 0 Å². The first-order valence-electron chi connectivity index (χ1n) is 13.0. The number of hydrogen-bond donors (Lipinski definition) is 0. The van der Waals surface area contributed by atoms with Crippen molar-refractivity contribution in [2.24, 2.45) is 0 Å². The Hall–Kier alpha value is -4.28. The van der Waals surface area contributed by atoms with Crippen molar-refractivity contribution in [2.45, 2.75) is 71.7 Å². The van der Waals surface area contributed by atoms with Crippen LogP contribution >= 0.6 is 12.2 Å². The van der Waals surface area contributed by atoms with Crippen LogP contribution in [0.15, 0.2) is 30.3 Å². The van der Waals surface area contributed by atoms with Crippen LogP contribution in [-0.4, -0.2) is 66.6 Å². The molecule has 0 aliphatic carbocycles. The Morgan fingerprint density at radius 2 is 1.50 bits per heavy atom. The van der Waals surface area contributed by atoms with Crippen molar-refractivity contribution in [3.8, 4) is 22.9 Å². The highest BCUT2D eigenvalue weighted by atomic mass is 32.1. The number of rotatable bonds is 9. The zero-order valence-corrected chi connectivity index (χ0v) is 24.9. The van der Waals surface area contributed by atoms with Crippen LogP contribution in [-0.2, 0) is 49.3 Å². The van der Waals surface area contributed by atoms with E-state index in [-0.39, 0.29) is 10.2 Å². The highest BCUT2D eigenvalue weighted by Crippen LogP contribution is 2.38. The van der Waals surface area contributed by atoms with Crippen molar-refractivity contribution in [3.05, 3.63) is 46.2 Å². The van der Waals surface area contributed by atoms with Gasteiger partial charge in [-0.05, 0) is 30.2 Å². The maximum Gasteiger partial charge on any atom is 0.303 e. The van der Waals surface area contributed by atoms with E-state index in [1.807, 2.05) is 6.92 Å². The van der Waals surface area contributed by atoms with Crippen molar-refractivity contribution in [1.82, 2.24) is 4.57 Å². The molecule has 2 heterocycles. The molecule has 12 nitrogen and oxygen atoms in total. The van der Waals surface area contributed by atoms with Gasteiger partial charge in [0.05, 0.1) is 12.7 Å². The van der Waals surface area contributed by atoms with Crippen molar-refractivity contribution >= 4 is 36.1 Å². The number of hydrogen-bond acceptors (Lipinski definition) is 12. The minimum atomic E-state index is -1.38. The zero-order valence-electron chi connectivity index (χ0n) is 24.1. The summed E-state index contributed by atoms with van der Waals surface area (Å²) in [5.41, 5.74) is 2.00. The fraction of sp³-hybridized carbons (Fsp3) is 0.448. The number of ether oxygens (including phenoxy) is 6. The van der Waals surface area contributed by atoms with Crippen molar-refractivity contribution in [3.63, 3.8) is 0 Å². The quantitative estimate of drug-likeness (QED) is 0.235. The number of esters is 4. The highest BCUT2D eigenvalue weighted by Gasteiger charge is 2.53. The lowest BCUT2D eigenvalue weighted by Gasteiger charge is -2.45. The SMILES string of the molecule is CCc1cc(-c2ccc(OC)cc2)c(C#N)c(=S)n1[C@@H]1O[C@@H](COC(C)=O)[C@@H](OC(C)=O)[C@@H](OC(C)=O)[C@@H]1OC(C)=O. The number of aryl methyl sites for hydroxylation is 1. The van der Waals surface area contributed by atoms with Gasteiger partial charge >= 0.3 is 23.9 Å². The van der Waals surface area contributed by atoms with Crippen molar-refractivity contribution in [2.75, 3.05) is 13.7 Å². The minimum absolute atomic E-state index is 0.0589. The van der Waals surface area contributed by atoms with Gasteiger partial charge < -0.3 is 33.0 Å². The predicted octanol–water partition coefficient (Wildman–Crippen LogP) is 3.58. The van der Waals surface area contributed by atoms with E-state index < -0.39 is 61.1 Å². The van der Waals surface area contributed by atoms with Gasteiger partial charge in [-0.2, -0.15) is 5.26 Å². The molecule has 0 radical (unpaired) electrons. The molecule has 0 N–H and O–H groups in total. The number of pyridine rings is 1. The highest BCUT2D eigenvalue weighted by molar-refractivity contribution is 7.71. The Kier molecular flexibility index (Phi) is 10.8. The van der Waals surface area contributed by atoms with E-state index in [9.17, 15) is 24.4 Å². The largest absolute Gasteiger partial charge is 0.497 e. The lowest BCUT2D eigenvalue weighted by molar-refractivity contribution is -0.269. The van der Waals surface area contributed by atoms with Gasteiger partial charge in [0.2, 0.25) is 0 Å². The number of benzene rings is 1. The maximum atomic E-state index is 12.3. The average Bonchev–Trinajstić information content (AvgIpc) is 2.93. The summed E-state index contributed by atoms with van der Waals surface area (Å²) in [5, 5.41) is 10.2. The third kappa shape index (κ3) is 7.32. The lowest BCUT2D eigenvalue weighted by Crippen LogP contribution is -2.60. The Labute approximate surface area is 248 Å². The van der Waals surface area contributed by atoms with Crippen LogP contribution in [0.1, 0.15) is 52.1 Å². The number of carbonyl (C=O) groups excluding carboxylic acids is 4. The number of carbonyl (C=O) groups is 4. The molecule has 13 heteroatoms. The molecule has 1 aliphatic heterocycles. The summed E-state index contributed by atoms with van der Waals surface area (Å²) >= 11 is 5.82. The number of methoxy groups -OCH3 is 1. The third-order valence-electron chi connectivity index (χ3n) is 6.42. The van der Waals surface area contributed by atoms with Crippen LogP contribution < -0.4 is 4.74 Å². The summed E-state index contributed by atoms with van der Waals surface area (Å²) in [6.07, 6.45) is -6.12. The summed E-state index contributed by atoms with van der Waals surface area (Å²) in [4.78, 5) is 48.3. The molecule has 224 valence electrons. The average molecular weight is 601 g/mol. The Balaban J connectivity index is 2.28. The van der Waals surface area contributed by atoms with Gasteiger partial charge in [-0.25, -0.2) is 0 Å². The summed E-state index contributed by atoms with van der Waals surface area (Å²) in [6.45, 7) is 6.09. The van der Waals surface area contributed by atoms with E-state index in [1.54, 1.807) is 37.4 Å². The van der Waals surface area contributed by atoms with Crippen molar-refractivity contribution < 1.29 is 47.6 Å². The molecule has 0 bridgehead atoms. The fourth-order valence-electron chi connectivity index (χ4n) is 4.75. The molecule has 0 amide bonds. The predicted molar refractivity (Wildman–Crippen MR) is 149 cm³/mol. The molecule has 2 aromatic rings. The lowest BCUT2D eigenvalue weighted by atomic mass is 9.95. The second-order valence-electron chi connectivity index (χ2n) is 9.38. The molecular weight excluding hydrogens is 568 g/mol. The van der Waals surface area contributed by atoms with Gasteiger partial charge in [-0.1, -0.05) is 31.3 Å². The number of nitriles is 1. The molecule has 1 aliphatic rings. The van der Waals surface area contributed by atoms with Crippen LogP contribution in [0.4, 0.5) is 0 Å². The van der Waals surface area contributed by atoms with E-state index in [0.29, 0.717) is 29.0 Å². The Bertz CT molecular complexity index is 1450. The van der Waals surface area contributed by atoms with Crippen LogP contribution in [0.5, 0.6) is 5.75 Å². The van der Waals surface area contributed by atoms with Crippen LogP contribution in [0, 0.1) is 16.0 Å². The van der Waals surface area contributed by atoms with Crippen LogP contribution in [0.3, 0.4) is 0 Å². The van der Waals surface area contributed by atoms with Gasteiger partial charge in [-0.15, -0.1) is 0 Å². The van der Waals surface area contributed by atoms with E-state index in [4.69, 9.17) is 40.6 Å². The molecule has 5 atom stereocenters. The number of aromatic nitrogens is 1. The van der Waals surface area contributed by atoms with Crippen LogP contribution in [0.25, 0.3) is 11.1 Å². The smallest absolute Gasteiger partial charge is 0.303 e. The molecule has 42 heavy (non-hydrogen) atoms. The van der Waals surface area contributed by atoms with E-state index in [0.717, 1.165) is 20.8 Å². The minimum Gasteiger partial charge on any atom is -0.497 e. The summed E-state index contributed by atoms with van der Waals surface area (Å²) < 4.78 is 34.9. The standard InChI is InChI=1S/C29H32N2O10S/c1-7-20-12-22(19-8-10-21(36-6)11-9-19)23(13-30)29(42)31(20)28-27(40-18(5)35)26(39-17(4)34)25(38-16(3)33)24(41-28)14-37-15(2)32/h8-12,24-28H,7,14H2,1-6H3/t24-,25+,26+,27-,28+/m0/s1.